The molecule has 0 fully saturated rings. The van der Waals surface area contributed by atoms with E-state index in [1.54, 1.807) is 6.08 Å². The predicted octanol–water partition coefficient (Wildman–Crippen LogP) is 5.16. The molecule has 0 spiro atoms. The maximum absolute atomic E-state index is 10.6. The summed E-state index contributed by atoms with van der Waals surface area (Å²) in [4.78, 5) is 10.6. The zero-order valence-electron chi connectivity index (χ0n) is 14.4. The van der Waals surface area contributed by atoms with Crippen LogP contribution in [0.1, 0.15) is 22.3 Å². The van der Waals surface area contributed by atoms with Crippen molar-refractivity contribution in [3.8, 4) is 23.0 Å². The highest BCUT2D eigenvalue weighted by Gasteiger charge is 1.98. The van der Waals surface area contributed by atoms with Crippen LogP contribution in [0.4, 0.5) is 0 Å². The van der Waals surface area contributed by atoms with E-state index in [-0.39, 0.29) is 0 Å². The monoisotopic (exact) mass is 338 g/mol. The first-order valence-corrected chi connectivity index (χ1v) is 8.30. The number of carboxylic acid groups (broad SMARTS) is 1. The maximum atomic E-state index is 10.6. The van der Waals surface area contributed by atoms with Gasteiger partial charge in [0, 0.05) is 17.2 Å². The van der Waals surface area contributed by atoms with Gasteiger partial charge in [-0.05, 0) is 54.0 Å². The second-order valence-electron chi connectivity index (χ2n) is 5.99. The van der Waals surface area contributed by atoms with Crippen molar-refractivity contribution in [3.63, 3.8) is 0 Å². The minimum Gasteiger partial charge on any atom is -0.478 e. The smallest absolute Gasteiger partial charge is 0.328 e. The molecule has 3 rings (SSSR count). The third kappa shape index (κ3) is 4.72. The number of aliphatic carboxylic acids is 1. The van der Waals surface area contributed by atoms with Gasteiger partial charge in [-0.3, -0.25) is 0 Å². The van der Waals surface area contributed by atoms with Crippen molar-refractivity contribution in [1.29, 1.82) is 0 Å². The number of carboxylic acids is 1. The Morgan fingerprint density at radius 2 is 1.23 bits per heavy atom. The van der Waals surface area contributed by atoms with Crippen LogP contribution in [0.5, 0.6) is 0 Å². The van der Waals surface area contributed by atoms with Gasteiger partial charge in [0.1, 0.15) is 0 Å². The van der Waals surface area contributed by atoms with E-state index in [4.69, 9.17) is 5.11 Å². The van der Waals surface area contributed by atoms with Crippen LogP contribution in [0.25, 0.3) is 17.2 Å². The molecule has 0 heterocycles. The van der Waals surface area contributed by atoms with E-state index in [1.807, 2.05) is 60.7 Å². The van der Waals surface area contributed by atoms with Crippen LogP contribution < -0.4 is 0 Å². The first kappa shape index (κ1) is 17.3. The number of carbonyl (C=O) groups is 1. The van der Waals surface area contributed by atoms with E-state index >= 15 is 0 Å². The van der Waals surface area contributed by atoms with Crippen molar-refractivity contribution in [2.75, 3.05) is 0 Å². The molecule has 3 aromatic carbocycles. The second-order valence-corrected chi connectivity index (χ2v) is 5.99. The van der Waals surface area contributed by atoms with Gasteiger partial charge in [-0.2, -0.15) is 0 Å². The molecular weight excluding hydrogens is 320 g/mol. The molecule has 0 aromatic heterocycles. The molecular formula is C24H18O2. The number of rotatable bonds is 3. The fourth-order valence-electron chi connectivity index (χ4n) is 2.48. The Hall–Kier alpha value is -3.57. The lowest BCUT2D eigenvalue weighted by Gasteiger charge is -2.02. The molecule has 0 unspecified atom stereocenters. The number of hydrogen-bond acceptors (Lipinski definition) is 1. The molecule has 1 N–H and O–H groups in total. The van der Waals surface area contributed by atoms with E-state index in [0.29, 0.717) is 0 Å². The molecule has 0 atom stereocenters. The van der Waals surface area contributed by atoms with Crippen molar-refractivity contribution in [1.82, 2.24) is 0 Å². The summed E-state index contributed by atoms with van der Waals surface area (Å²) in [7, 11) is 0. The molecule has 0 amide bonds. The standard InChI is InChI=1S/C24H18O2/c1-18-2-4-19(5-3-18)6-7-20-8-13-22(14-9-20)23-15-10-21(11-16-23)12-17-24(25)26/h2-5,8-17H,1H3,(H,25,26)/b17-12+. The fraction of sp³-hybridized carbons (Fsp3) is 0.0417. The molecule has 0 bridgehead atoms. The summed E-state index contributed by atoms with van der Waals surface area (Å²) in [5.74, 6) is 5.41. The highest BCUT2D eigenvalue weighted by atomic mass is 16.4. The van der Waals surface area contributed by atoms with Gasteiger partial charge in [0.2, 0.25) is 0 Å². The van der Waals surface area contributed by atoms with E-state index in [1.165, 1.54) is 5.56 Å². The topological polar surface area (TPSA) is 37.3 Å². The maximum Gasteiger partial charge on any atom is 0.328 e. The quantitative estimate of drug-likeness (QED) is 0.529. The normalized spacial score (nSPS) is 10.3. The van der Waals surface area contributed by atoms with Gasteiger partial charge in [0.25, 0.3) is 0 Å². The summed E-state index contributed by atoms with van der Waals surface area (Å²) in [5.41, 5.74) is 6.23. The first-order chi connectivity index (χ1) is 12.6. The highest BCUT2D eigenvalue weighted by Crippen LogP contribution is 2.20. The van der Waals surface area contributed by atoms with Crippen LogP contribution in [0.15, 0.2) is 78.9 Å². The minimum atomic E-state index is -0.948. The summed E-state index contributed by atoms with van der Waals surface area (Å²) in [6.45, 7) is 2.06. The lowest BCUT2D eigenvalue weighted by molar-refractivity contribution is -0.131. The number of aryl methyl sites for hydroxylation is 1. The summed E-state index contributed by atoms with van der Waals surface area (Å²) in [5, 5.41) is 8.66. The molecule has 2 nitrogen and oxygen atoms in total. The van der Waals surface area contributed by atoms with Crippen LogP contribution >= 0.6 is 0 Å². The Kier molecular flexibility index (Phi) is 5.31. The molecule has 26 heavy (non-hydrogen) atoms. The molecule has 0 saturated heterocycles. The average molecular weight is 338 g/mol. The van der Waals surface area contributed by atoms with Crippen LogP contribution in [0.3, 0.4) is 0 Å². The Morgan fingerprint density at radius 1 is 0.769 bits per heavy atom. The SMILES string of the molecule is Cc1ccc(C#Cc2ccc(-c3ccc(/C=C/C(=O)O)cc3)cc2)cc1. The van der Waals surface area contributed by atoms with Gasteiger partial charge in [-0.15, -0.1) is 0 Å². The lowest BCUT2D eigenvalue weighted by atomic mass is 10.0. The van der Waals surface area contributed by atoms with Crippen LogP contribution in [-0.4, -0.2) is 11.1 Å². The van der Waals surface area contributed by atoms with Crippen molar-refractivity contribution in [2.45, 2.75) is 6.92 Å². The number of hydrogen-bond donors (Lipinski definition) is 1. The van der Waals surface area contributed by atoms with Crippen molar-refractivity contribution >= 4 is 12.0 Å². The van der Waals surface area contributed by atoms with E-state index in [0.717, 1.165) is 33.9 Å². The van der Waals surface area contributed by atoms with Crippen molar-refractivity contribution in [2.24, 2.45) is 0 Å². The molecule has 0 radical (unpaired) electrons. The minimum absolute atomic E-state index is 0.858. The molecule has 0 saturated carbocycles. The summed E-state index contributed by atoms with van der Waals surface area (Å²) < 4.78 is 0. The summed E-state index contributed by atoms with van der Waals surface area (Å²) >= 11 is 0. The molecule has 2 heteroatoms. The Balaban J connectivity index is 1.73. The lowest BCUT2D eigenvalue weighted by Crippen LogP contribution is -1.85. The van der Waals surface area contributed by atoms with Gasteiger partial charge in [-0.25, -0.2) is 4.79 Å². The van der Waals surface area contributed by atoms with Crippen LogP contribution in [0, 0.1) is 18.8 Å². The largest absolute Gasteiger partial charge is 0.478 e. The van der Waals surface area contributed by atoms with Crippen LogP contribution in [0.2, 0.25) is 0 Å². The van der Waals surface area contributed by atoms with Crippen molar-refractivity contribution < 1.29 is 9.90 Å². The summed E-state index contributed by atoms with van der Waals surface area (Å²) in [6, 6.07) is 24.0. The number of benzene rings is 3. The molecule has 126 valence electrons. The zero-order valence-corrected chi connectivity index (χ0v) is 14.4. The Morgan fingerprint density at radius 3 is 1.73 bits per heavy atom. The van der Waals surface area contributed by atoms with Gasteiger partial charge in [-0.1, -0.05) is 65.9 Å². The average Bonchev–Trinajstić information content (AvgIpc) is 2.67. The fourth-order valence-corrected chi connectivity index (χ4v) is 2.48. The summed E-state index contributed by atoms with van der Waals surface area (Å²) in [6.07, 6.45) is 2.71. The highest BCUT2D eigenvalue weighted by molar-refractivity contribution is 5.85. The van der Waals surface area contributed by atoms with E-state index in [2.05, 4.69) is 30.9 Å². The van der Waals surface area contributed by atoms with Gasteiger partial charge in [0.15, 0.2) is 0 Å². The first-order valence-electron chi connectivity index (χ1n) is 8.30. The second kappa shape index (κ2) is 8.00. The van der Waals surface area contributed by atoms with E-state index < -0.39 is 5.97 Å². The third-order valence-electron chi connectivity index (χ3n) is 3.95. The Labute approximate surface area is 153 Å². The Bertz CT molecular complexity index is 981. The molecule has 0 aliphatic carbocycles. The van der Waals surface area contributed by atoms with Crippen LogP contribution in [-0.2, 0) is 4.79 Å². The van der Waals surface area contributed by atoms with Crippen molar-refractivity contribution in [3.05, 3.63) is 101 Å². The molecule has 3 aromatic rings. The van der Waals surface area contributed by atoms with Gasteiger partial charge >= 0.3 is 5.97 Å². The van der Waals surface area contributed by atoms with E-state index in [9.17, 15) is 4.79 Å². The third-order valence-corrected chi connectivity index (χ3v) is 3.95. The predicted molar refractivity (Wildman–Crippen MR) is 106 cm³/mol. The van der Waals surface area contributed by atoms with Gasteiger partial charge < -0.3 is 5.11 Å². The van der Waals surface area contributed by atoms with Gasteiger partial charge in [0.05, 0.1) is 0 Å². The molecule has 0 aliphatic heterocycles. The molecule has 0 aliphatic rings. The zero-order chi connectivity index (χ0) is 18.4.